The first-order valence-electron chi connectivity index (χ1n) is 10.5. The van der Waals surface area contributed by atoms with Crippen molar-refractivity contribution in [3.8, 4) is 0 Å². The van der Waals surface area contributed by atoms with Crippen LogP contribution in [0.4, 0.5) is 0 Å². The largest absolute Gasteiger partial charge is 0.440 e. The van der Waals surface area contributed by atoms with Gasteiger partial charge in [-0.3, -0.25) is 0 Å². The molecule has 0 amide bonds. The van der Waals surface area contributed by atoms with E-state index in [4.69, 9.17) is 10.5 Å². The SMILES string of the molecule is C=C(N)C1=CCN=C(OC(/C=C\C(=C/C)CCNC2CCCC(O)C2)=C/C)C=C1. The van der Waals surface area contributed by atoms with Crippen LogP contribution >= 0.6 is 0 Å². The summed E-state index contributed by atoms with van der Waals surface area (Å²) in [5.74, 6) is 1.29. The number of ether oxygens (including phenoxy) is 1. The van der Waals surface area contributed by atoms with Crippen LogP contribution in [0.5, 0.6) is 0 Å². The van der Waals surface area contributed by atoms with E-state index < -0.39 is 0 Å². The van der Waals surface area contributed by atoms with Crippen LogP contribution in [0.15, 0.2) is 76.7 Å². The quantitative estimate of drug-likeness (QED) is 0.426. The number of nitrogens with one attached hydrogen (secondary N) is 1. The van der Waals surface area contributed by atoms with Gasteiger partial charge in [-0.1, -0.05) is 30.4 Å². The average Bonchev–Trinajstić information content (AvgIpc) is 2.95. The minimum Gasteiger partial charge on any atom is -0.440 e. The standard InChI is InChI=1S/C24H35N3O2/c1-4-19(13-15-26-21-7-6-8-22(28)17-21)9-11-23(5-2)29-24-12-10-20(18(3)25)14-16-27-24/h4-5,9-12,14,21-22,26,28H,3,6-8,13,15-17,25H2,1-2H3/b11-9-,19-4+,23-5+. The third-order valence-corrected chi connectivity index (χ3v) is 5.17. The Bertz CT molecular complexity index is 741. The van der Waals surface area contributed by atoms with E-state index in [0.29, 0.717) is 24.2 Å². The Kier molecular flexibility index (Phi) is 9.68. The maximum Gasteiger partial charge on any atom is 0.214 e. The van der Waals surface area contributed by atoms with Crippen LogP contribution in [0.3, 0.4) is 0 Å². The Morgan fingerprint density at radius 1 is 1.31 bits per heavy atom. The molecule has 5 heteroatoms. The second-order valence-electron chi connectivity index (χ2n) is 7.41. The predicted octanol–water partition coefficient (Wildman–Crippen LogP) is 4.06. The summed E-state index contributed by atoms with van der Waals surface area (Å²) in [5.41, 5.74) is 8.38. The molecule has 1 aliphatic carbocycles. The Hall–Kier alpha value is -2.37. The number of allylic oxidation sites excluding steroid dienone is 5. The molecular formula is C24H35N3O2. The molecule has 0 spiro atoms. The number of aliphatic imine (C=N–C) groups is 1. The molecule has 29 heavy (non-hydrogen) atoms. The van der Waals surface area contributed by atoms with Gasteiger partial charge >= 0.3 is 0 Å². The van der Waals surface area contributed by atoms with E-state index >= 15 is 0 Å². The lowest BCUT2D eigenvalue weighted by Crippen LogP contribution is -2.36. The minimum absolute atomic E-state index is 0.146. The number of aliphatic hydroxyl groups excluding tert-OH is 1. The van der Waals surface area contributed by atoms with E-state index in [9.17, 15) is 5.11 Å². The second kappa shape index (κ2) is 12.2. The summed E-state index contributed by atoms with van der Waals surface area (Å²) in [4.78, 5) is 4.41. The lowest BCUT2D eigenvalue weighted by molar-refractivity contribution is 0.112. The molecule has 2 aliphatic rings. The Labute approximate surface area is 175 Å². The Balaban J connectivity index is 1.83. The third-order valence-electron chi connectivity index (χ3n) is 5.17. The molecule has 1 heterocycles. The van der Waals surface area contributed by atoms with Gasteiger partial charge < -0.3 is 20.9 Å². The topological polar surface area (TPSA) is 79.9 Å². The predicted molar refractivity (Wildman–Crippen MR) is 121 cm³/mol. The molecule has 2 atom stereocenters. The highest BCUT2D eigenvalue weighted by Crippen LogP contribution is 2.18. The number of aliphatic hydroxyl groups is 1. The van der Waals surface area contributed by atoms with Crippen LogP contribution in [-0.2, 0) is 4.74 Å². The smallest absolute Gasteiger partial charge is 0.214 e. The van der Waals surface area contributed by atoms with Gasteiger partial charge in [0, 0.05) is 17.8 Å². The Morgan fingerprint density at radius 3 is 2.83 bits per heavy atom. The molecule has 0 aromatic heterocycles. The summed E-state index contributed by atoms with van der Waals surface area (Å²) >= 11 is 0. The zero-order valence-electron chi connectivity index (χ0n) is 17.7. The van der Waals surface area contributed by atoms with Gasteiger partial charge in [0.25, 0.3) is 0 Å². The zero-order chi connectivity index (χ0) is 21.1. The van der Waals surface area contributed by atoms with Crippen LogP contribution < -0.4 is 11.1 Å². The van der Waals surface area contributed by atoms with Gasteiger partial charge in [-0.2, -0.15) is 0 Å². The first kappa shape index (κ1) is 22.9. The molecule has 0 bridgehead atoms. The van der Waals surface area contributed by atoms with E-state index in [-0.39, 0.29) is 6.10 Å². The fourth-order valence-corrected chi connectivity index (χ4v) is 3.41. The van der Waals surface area contributed by atoms with E-state index in [2.05, 4.69) is 29.0 Å². The maximum absolute atomic E-state index is 9.79. The lowest BCUT2D eigenvalue weighted by atomic mass is 9.93. The van der Waals surface area contributed by atoms with Crippen LogP contribution in [0, 0.1) is 0 Å². The van der Waals surface area contributed by atoms with E-state index in [0.717, 1.165) is 50.0 Å². The van der Waals surface area contributed by atoms with Gasteiger partial charge in [-0.05, 0) is 76.3 Å². The number of nitrogens with zero attached hydrogens (tertiary/aromatic N) is 1. The van der Waals surface area contributed by atoms with Gasteiger partial charge in [0.15, 0.2) is 0 Å². The van der Waals surface area contributed by atoms with Crippen LogP contribution in [0.1, 0.15) is 46.0 Å². The molecule has 4 N–H and O–H groups in total. The monoisotopic (exact) mass is 397 g/mol. The van der Waals surface area contributed by atoms with Crippen molar-refractivity contribution in [3.05, 3.63) is 71.7 Å². The van der Waals surface area contributed by atoms with Crippen molar-refractivity contribution in [1.82, 2.24) is 5.32 Å². The van der Waals surface area contributed by atoms with Crippen molar-refractivity contribution < 1.29 is 9.84 Å². The molecular weight excluding hydrogens is 362 g/mol. The fourth-order valence-electron chi connectivity index (χ4n) is 3.41. The highest BCUT2D eigenvalue weighted by molar-refractivity contribution is 5.89. The highest BCUT2D eigenvalue weighted by Gasteiger charge is 2.19. The summed E-state index contributed by atoms with van der Waals surface area (Å²) in [6, 6.07) is 0.429. The van der Waals surface area contributed by atoms with E-state index in [1.165, 1.54) is 5.57 Å². The van der Waals surface area contributed by atoms with Crippen LogP contribution in [-0.4, -0.2) is 36.2 Å². The summed E-state index contributed by atoms with van der Waals surface area (Å²) < 4.78 is 5.92. The second-order valence-corrected chi connectivity index (χ2v) is 7.41. The molecule has 0 aromatic carbocycles. The zero-order valence-corrected chi connectivity index (χ0v) is 17.7. The molecule has 1 fully saturated rings. The van der Waals surface area contributed by atoms with Gasteiger partial charge in [0.05, 0.1) is 12.6 Å². The molecule has 5 nitrogen and oxygen atoms in total. The first-order valence-corrected chi connectivity index (χ1v) is 10.5. The van der Waals surface area contributed by atoms with Crippen molar-refractivity contribution in [2.24, 2.45) is 10.7 Å². The number of hydrogen-bond acceptors (Lipinski definition) is 5. The Morgan fingerprint density at radius 2 is 2.14 bits per heavy atom. The molecule has 0 radical (unpaired) electrons. The average molecular weight is 398 g/mol. The van der Waals surface area contributed by atoms with Crippen molar-refractivity contribution >= 4 is 5.90 Å². The van der Waals surface area contributed by atoms with Gasteiger partial charge in [-0.25, -0.2) is 4.99 Å². The molecule has 0 saturated heterocycles. The number of nitrogens with two attached hydrogens (primary N) is 1. The van der Waals surface area contributed by atoms with Crippen molar-refractivity contribution in [3.63, 3.8) is 0 Å². The fraction of sp³-hybridized carbons (Fsp3) is 0.458. The summed E-state index contributed by atoms with van der Waals surface area (Å²) in [6.45, 7) is 9.16. The van der Waals surface area contributed by atoms with Crippen molar-refractivity contribution in [2.45, 2.75) is 58.1 Å². The number of hydrogen-bond donors (Lipinski definition) is 3. The van der Waals surface area contributed by atoms with Gasteiger partial charge in [-0.15, -0.1) is 0 Å². The van der Waals surface area contributed by atoms with Gasteiger partial charge in [0.1, 0.15) is 5.76 Å². The molecule has 158 valence electrons. The highest BCUT2D eigenvalue weighted by atomic mass is 16.5. The van der Waals surface area contributed by atoms with Crippen molar-refractivity contribution in [2.75, 3.05) is 13.1 Å². The summed E-state index contributed by atoms with van der Waals surface area (Å²) in [6.07, 6.45) is 18.5. The molecule has 0 aromatic rings. The maximum atomic E-state index is 9.79. The number of rotatable bonds is 8. The third kappa shape index (κ3) is 8.26. The molecule has 2 rings (SSSR count). The first-order chi connectivity index (χ1) is 14.0. The summed E-state index contributed by atoms with van der Waals surface area (Å²) in [7, 11) is 0. The molecule has 2 unspecified atom stereocenters. The molecule has 1 aliphatic heterocycles. The minimum atomic E-state index is -0.146. The van der Waals surface area contributed by atoms with Crippen molar-refractivity contribution in [1.29, 1.82) is 0 Å². The summed E-state index contributed by atoms with van der Waals surface area (Å²) in [5, 5.41) is 13.4. The van der Waals surface area contributed by atoms with Crippen LogP contribution in [0.2, 0.25) is 0 Å². The molecule has 1 saturated carbocycles. The van der Waals surface area contributed by atoms with E-state index in [1.807, 2.05) is 44.2 Å². The van der Waals surface area contributed by atoms with E-state index in [1.54, 1.807) is 0 Å². The van der Waals surface area contributed by atoms with Crippen LogP contribution in [0.25, 0.3) is 0 Å². The lowest BCUT2D eigenvalue weighted by Gasteiger charge is -2.26. The van der Waals surface area contributed by atoms with Gasteiger partial charge in [0.2, 0.25) is 5.90 Å². The normalized spacial score (nSPS) is 23.6.